The summed E-state index contributed by atoms with van der Waals surface area (Å²) in [6.45, 7) is 0. The molecule has 1 aromatic carbocycles. The molecular weight excluding hydrogens is 316 g/mol. The van der Waals surface area contributed by atoms with Gasteiger partial charge in [-0.25, -0.2) is 13.6 Å². The molecule has 2 rings (SSSR count). The number of benzene rings is 1. The van der Waals surface area contributed by atoms with Crippen LogP contribution in [0.2, 0.25) is 0 Å². The van der Waals surface area contributed by atoms with Gasteiger partial charge in [-0.05, 0) is 29.0 Å². The fraction of sp³-hybridized carbons (Fsp3) is 0. The van der Waals surface area contributed by atoms with Gasteiger partial charge in [0.15, 0.2) is 0 Å². The maximum absolute atomic E-state index is 11.2. The molecule has 1 heterocycles. The number of sulfonamides is 1. The van der Waals surface area contributed by atoms with E-state index < -0.39 is 20.6 Å². The molecule has 0 bridgehead atoms. The third-order valence-corrected chi connectivity index (χ3v) is 4.05. The number of nitro groups is 1. The van der Waals surface area contributed by atoms with Crippen molar-refractivity contribution in [2.24, 2.45) is 10.2 Å². The van der Waals surface area contributed by atoms with Crippen molar-refractivity contribution in [1.82, 2.24) is 0 Å². The Morgan fingerprint density at radius 1 is 1.38 bits per heavy atom. The van der Waals surface area contributed by atoms with Gasteiger partial charge < -0.3 is 0 Å². The quantitative estimate of drug-likeness (QED) is 0.491. The van der Waals surface area contributed by atoms with Crippen LogP contribution in [0.3, 0.4) is 0 Å². The summed E-state index contributed by atoms with van der Waals surface area (Å²) < 4.78 is 22.4. The Morgan fingerprint density at radius 3 is 2.71 bits per heavy atom. The van der Waals surface area contributed by atoms with E-state index in [1.807, 2.05) is 16.8 Å². The van der Waals surface area contributed by atoms with E-state index in [-0.39, 0.29) is 10.6 Å². The summed E-state index contributed by atoms with van der Waals surface area (Å²) in [4.78, 5) is 9.93. The van der Waals surface area contributed by atoms with Crippen LogP contribution in [-0.4, -0.2) is 19.6 Å². The van der Waals surface area contributed by atoms with Gasteiger partial charge in [-0.2, -0.15) is 16.4 Å². The third-order valence-electron chi connectivity index (χ3n) is 2.44. The van der Waals surface area contributed by atoms with Crippen LogP contribution in [0.1, 0.15) is 5.56 Å². The molecule has 0 atom stereocenters. The molecule has 2 aromatic rings. The Hall–Kier alpha value is -2.30. The number of hydrazone groups is 1. The van der Waals surface area contributed by atoms with Crippen molar-refractivity contribution in [2.75, 3.05) is 5.43 Å². The first-order chi connectivity index (χ1) is 9.88. The van der Waals surface area contributed by atoms with Crippen LogP contribution in [0.4, 0.5) is 11.4 Å². The molecule has 8 nitrogen and oxygen atoms in total. The first kappa shape index (κ1) is 15.1. The molecule has 0 saturated heterocycles. The van der Waals surface area contributed by atoms with E-state index in [9.17, 15) is 18.5 Å². The highest BCUT2D eigenvalue weighted by Gasteiger charge is 2.18. The summed E-state index contributed by atoms with van der Waals surface area (Å²) in [6.07, 6.45) is 1.49. The molecular formula is C11H10N4O4S2. The Morgan fingerprint density at radius 2 is 2.14 bits per heavy atom. The van der Waals surface area contributed by atoms with E-state index in [4.69, 9.17) is 5.14 Å². The SMILES string of the molecule is NS(=O)(=O)c1ccc(N/N=C/c2ccsc2)c([N+](=O)[O-])c1. The second-order valence-electron chi connectivity index (χ2n) is 3.91. The number of anilines is 1. The first-order valence-electron chi connectivity index (χ1n) is 5.50. The van der Waals surface area contributed by atoms with E-state index in [2.05, 4.69) is 10.5 Å². The van der Waals surface area contributed by atoms with Crippen LogP contribution < -0.4 is 10.6 Å². The number of hydrogen-bond acceptors (Lipinski definition) is 7. The van der Waals surface area contributed by atoms with Crippen molar-refractivity contribution in [1.29, 1.82) is 0 Å². The molecule has 10 heteroatoms. The van der Waals surface area contributed by atoms with Gasteiger partial charge in [-0.15, -0.1) is 0 Å². The molecule has 0 fully saturated rings. The lowest BCUT2D eigenvalue weighted by Crippen LogP contribution is -2.12. The Bertz CT molecular complexity index is 785. The van der Waals surface area contributed by atoms with E-state index in [0.717, 1.165) is 11.6 Å². The van der Waals surface area contributed by atoms with Gasteiger partial charge in [-0.1, -0.05) is 0 Å². The summed E-state index contributed by atoms with van der Waals surface area (Å²) in [5.74, 6) is 0. The smallest absolute Gasteiger partial charge is 0.272 e. The van der Waals surface area contributed by atoms with Crippen molar-refractivity contribution in [3.63, 3.8) is 0 Å². The highest BCUT2D eigenvalue weighted by atomic mass is 32.2. The zero-order valence-electron chi connectivity index (χ0n) is 10.5. The van der Waals surface area contributed by atoms with Gasteiger partial charge in [0, 0.05) is 11.6 Å². The van der Waals surface area contributed by atoms with Gasteiger partial charge in [0.1, 0.15) is 5.69 Å². The molecule has 0 aliphatic rings. The summed E-state index contributed by atoms with van der Waals surface area (Å²) in [5, 5.41) is 23.5. The number of nitrogens with one attached hydrogen (secondary N) is 1. The maximum atomic E-state index is 11.2. The number of rotatable bonds is 5. The predicted molar refractivity (Wildman–Crippen MR) is 80.0 cm³/mol. The fourth-order valence-corrected chi connectivity index (χ4v) is 2.60. The number of nitrogens with two attached hydrogens (primary N) is 1. The van der Waals surface area contributed by atoms with Gasteiger partial charge >= 0.3 is 0 Å². The molecule has 1 aromatic heterocycles. The standard InChI is InChI=1S/C11H10N4O4S2/c12-21(18,19)9-1-2-10(11(5-9)15(16)17)14-13-6-8-3-4-20-7-8/h1-7,14H,(H2,12,18,19)/b13-6+. The second-order valence-corrected chi connectivity index (χ2v) is 6.25. The molecule has 0 radical (unpaired) electrons. The normalized spacial score (nSPS) is 11.7. The monoisotopic (exact) mass is 326 g/mol. The molecule has 0 unspecified atom stereocenters. The van der Waals surface area contributed by atoms with Crippen molar-refractivity contribution in [3.05, 3.63) is 50.7 Å². The predicted octanol–water partition coefficient (Wildman–Crippen LogP) is 1.75. The van der Waals surface area contributed by atoms with E-state index in [1.165, 1.54) is 29.7 Å². The number of primary sulfonamides is 1. The van der Waals surface area contributed by atoms with Crippen LogP contribution in [0.25, 0.3) is 0 Å². The topological polar surface area (TPSA) is 128 Å². The number of hydrogen-bond donors (Lipinski definition) is 2. The summed E-state index contributed by atoms with van der Waals surface area (Å²) in [7, 11) is -4.00. The minimum atomic E-state index is -4.00. The number of thiophene rings is 1. The van der Waals surface area contributed by atoms with E-state index >= 15 is 0 Å². The van der Waals surface area contributed by atoms with Gasteiger partial charge in [0.2, 0.25) is 10.0 Å². The first-order valence-corrected chi connectivity index (χ1v) is 7.99. The fourth-order valence-electron chi connectivity index (χ4n) is 1.46. The Kier molecular flexibility index (Phi) is 4.31. The van der Waals surface area contributed by atoms with Crippen LogP contribution in [0, 0.1) is 10.1 Å². The highest BCUT2D eigenvalue weighted by Crippen LogP contribution is 2.27. The van der Waals surface area contributed by atoms with Crippen LogP contribution in [0.5, 0.6) is 0 Å². The highest BCUT2D eigenvalue weighted by molar-refractivity contribution is 7.89. The van der Waals surface area contributed by atoms with Gasteiger partial charge in [0.05, 0.1) is 16.0 Å². The van der Waals surface area contributed by atoms with Gasteiger partial charge in [-0.3, -0.25) is 15.5 Å². The molecule has 3 N–H and O–H groups in total. The van der Waals surface area contributed by atoms with Crippen molar-refractivity contribution in [2.45, 2.75) is 4.90 Å². The molecule has 0 aliphatic carbocycles. The lowest BCUT2D eigenvalue weighted by molar-refractivity contribution is -0.384. The second kappa shape index (κ2) is 5.99. The number of nitrogens with zero attached hydrogens (tertiary/aromatic N) is 2. The van der Waals surface area contributed by atoms with Gasteiger partial charge in [0.25, 0.3) is 5.69 Å². The average molecular weight is 326 g/mol. The van der Waals surface area contributed by atoms with Crippen molar-refractivity contribution in [3.8, 4) is 0 Å². The van der Waals surface area contributed by atoms with E-state index in [1.54, 1.807) is 0 Å². The lowest BCUT2D eigenvalue weighted by Gasteiger charge is -2.04. The van der Waals surface area contributed by atoms with Crippen molar-refractivity contribution >= 4 is 38.9 Å². The Labute approximate surface area is 124 Å². The molecule has 110 valence electrons. The molecule has 0 saturated carbocycles. The summed E-state index contributed by atoms with van der Waals surface area (Å²) >= 11 is 1.49. The Balaban J connectivity index is 2.29. The molecule has 0 amide bonds. The van der Waals surface area contributed by atoms with Crippen LogP contribution in [-0.2, 0) is 10.0 Å². The minimum absolute atomic E-state index is 0.0684. The molecule has 0 aliphatic heterocycles. The van der Waals surface area contributed by atoms with E-state index in [0.29, 0.717) is 0 Å². The average Bonchev–Trinajstić information content (AvgIpc) is 2.90. The van der Waals surface area contributed by atoms with Crippen molar-refractivity contribution < 1.29 is 13.3 Å². The summed E-state index contributed by atoms with van der Waals surface area (Å²) in [6, 6.07) is 5.12. The molecule has 0 spiro atoms. The maximum Gasteiger partial charge on any atom is 0.295 e. The minimum Gasteiger partial charge on any atom is -0.272 e. The van der Waals surface area contributed by atoms with Crippen LogP contribution in [0.15, 0.2) is 45.0 Å². The largest absolute Gasteiger partial charge is 0.295 e. The van der Waals surface area contributed by atoms with Crippen LogP contribution >= 0.6 is 11.3 Å². The third kappa shape index (κ3) is 3.84. The lowest BCUT2D eigenvalue weighted by atomic mass is 10.3. The zero-order chi connectivity index (χ0) is 15.5. The summed E-state index contributed by atoms with van der Waals surface area (Å²) in [5.41, 5.74) is 2.99. The number of nitro benzene ring substituents is 1. The zero-order valence-corrected chi connectivity index (χ0v) is 12.1. The molecule has 21 heavy (non-hydrogen) atoms.